The number of nitrogens with one attached hydrogen (secondary N) is 1. The van der Waals surface area contributed by atoms with Crippen molar-refractivity contribution < 1.29 is 17.9 Å². The van der Waals surface area contributed by atoms with E-state index >= 15 is 0 Å². The number of aliphatic hydroxyl groups excluding tert-OH is 1. The summed E-state index contributed by atoms with van der Waals surface area (Å²) >= 11 is 0. The summed E-state index contributed by atoms with van der Waals surface area (Å²) in [6.45, 7) is -0.295. The molecule has 0 unspecified atom stereocenters. The third-order valence-corrected chi connectivity index (χ3v) is 4.35. The van der Waals surface area contributed by atoms with Crippen LogP contribution >= 0.6 is 0 Å². The van der Waals surface area contributed by atoms with Crippen molar-refractivity contribution in [2.75, 3.05) is 12.3 Å². The van der Waals surface area contributed by atoms with E-state index in [-0.39, 0.29) is 12.3 Å². The van der Waals surface area contributed by atoms with Crippen molar-refractivity contribution in [2.24, 2.45) is 0 Å². The molecule has 0 saturated heterocycles. The van der Waals surface area contributed by atoms with Crippen LogP contribution in [-0.4, -0.2) is 25.7 Å². The summed E-state index contributed by atoms with van der Waals surface area (Å²) in [5.41, 5.74) is 4.77. The Hall–Kier alpha value is -1.18. The van der Waals surface area contributed by atoms with E-state index in [1.807, 2.05) is 0 Å². The Bertz CT molecular complexity index is 540. The molecule has 4 N–H and O–H groups in total. The Balaban J connectivity index is 2.35. The van der Waals surface area contributed by atoms with Gasteiger partial charge in [0.05, 0.1) is 12.1 Å². The van der Waals surface area contributed by atoms with E-state index in [1.165, 1.54) is 6.07 Å². The zero-order valence-electron chi connectivity index (χ0n) is 8.98. The number of sulfonamides is 1. The molecule has 1 aromatic rings. The number of rotatable bonds is 4. The number of halogens is 1. The van der Waals surface area contributed by atoms with Gasteiger partial charge < -0.3 is 10.8 Å². The van der Waals surface area contributed by atoms with Gasteiger partial charge >= 0.3 is 0 Å². The SMILES string of the molecule is Nc1ccc(F)c(S(=O)(=O)NC2(CO)CC2)c1. The zero-order valence-corrected chi connectivity index (χ0v) is 9.80. The van der Waals surface area contributed by atoms with E-state index in [4.69, 9.17) is 10.8 Å². The Kier molecular flexibility index (Phi) is 2.84. The number of nitrogens with two attached hydrogens (primary N) is 1. The fourth-order valence-electron chi connectivity index (χ4n) is 1.51. The van der Waals surface area contributed by atoms with E-state index in [0.717, 1.165) is 12.1 Å². The third kappa shape index (κ3) is 2.41. The largest absolute Gasteiger partial charge is 0.399 e. The molecule has 0 atom stereocenters. The fraction of sp³-hybridized carbons (Fsp3) is 0.400. The molecule has 1 aliphatic rings. The topological polar surface area (TPSA) is 92.4 Å². The normalized spacial score (nSPS) is 18.0. The van der Waals surface area contributed by atoms with Gasteiger partial charge in [-0.3, -0.25) is 0 Å². The maximum atomic E-state index is 13.4. The van der Waals surface area contributed by atoms with Crippen LogP contribution in [0.25, 0.3) is 0 Å². The number of aliphatic hydroxyl groups is 1. The Labute approximate surface area is 98.5 Å². The van der Waals surface area contributed by atoms with Crippen LogP contribution in [0.3, 0.4) is 0 Å². The number of benzene rings is 1. The van der Waals surface area contributed by atoms with Crippen LogP contribution in [0.5, 0.6) is 0 Å². The molecule has 0 aromatic heterocycles. The first kappa shape index (κ1) is 12.3. The average Bonchev–Trinajstić information content (AvgIpc) is 3.01. The second-order valence-electron chi connectivity index (χ2n) is 4.23. The number of anilines is 1. The van der Waals surface area contributed by atoms with Crippen LogP contribution in [0.15, 0.2) is 23.1 Å². The Morgan fingerprint density at radius 3 is 2.65 bits per heavy atom. The molecule has 1 aromatic carbocycles. The minimum Gasteiger partial charge on any atom is -0.399 e. The van der Waals surface area contributed by atoms with E-state index in [1.54, 1.807) is 0 Å². The van der Waals surface area contributed by atoms with Gasteiger partial charge in [-0.1, -0.05) is 0 Å². The second kappa shape index (κ2) is 3.94. The number of nitrogen functional groups attached to an aromatic ring is 1. The molecule has 0 heterocycles. The standard InChI is InChI=1S/C10H13FN2O3S/c11-8-2-1-7(12)5-9(8)17(15,16)13-10(6-14)3-4-10/h1-2,5,13-14H,3-4,6,12H2. The molecule has 2 rings (SSSR count). The molecule has 5 nitrogen and oxygen atoms in total. The lowest BCUT2D eigenvalue weighted by Crippen LogP contribution is -2.39. The van der Waals surface area contributed by atoms with E-state index in [9.17, 15) is 12.8 Å². The highest BCUT2D eigenvalue weighted by Crippen LogP contribution is 2.36. The molecule has 0 bridgehead atoms. The van der Waals surface area contributed by atoms with Crippen molar-refractivity contribution >= 4 is 15.7 Å². The highest BCUT2D eigenvalue weighted by molar-refractivity contribution is 7.89. The Morgan fingerprint density at radius 2 is 2.12 bits per heavy atom. The van der Waals surface area contributed by atoms with Gasteiger partial charge in [0.2, 0.25) is 10.0 Å². The fourth-order valence-corrected chi connectivity index (χ4v) is 3.07. The van der Waals surface area contributed by atoms with Gasteiger partial charge in [-0.05, 0) is 31.0 Å². The van der Waals surface area contributed by atoms with Crippen molar-refractivity contribution in [1.82, 2.24) is 4.72 Å². The van der Waals surface area contributed by atoms with Crippen molar-refractivity contribution in [3.8, 4) is 0 Å². The van der Waals surface area contributed by atoms with Gasteiger partial charge in [0, 0.05) is 5.69 Å². The van der Waals surface area contributed by atoms with Crippen LogP contribution in [0.2, 0.25) is 0 Å². The van der Waals surface area contributed by atoms with Crippen molar-refractivity contribution in [3.05, 3.63) is 24.0 Å². The summed E-state index contributed by atoms with van der Waals surface area (Å²) in [6.07, 6.45) is 1.10. The first-order valence-electron chi connectivity index (χ1n) is 5.08. The lowest BCUT2D eigenvalue weighted by atomic mass is 10.3. The van der Waals surface area contributed by atoms with Gasteiger partial charge in [-0.2, -0.15) is 0 Å². The minimum absolute atomic E-state index is 0.167. The minimum atomic E-state index is -3.99. The predicted molar refractivity (Wildman–Crippen MR) is 60.2 cm³/mol. The quantitative estimate of drug-likeness (QED) is 0.675. The molecule has 0 aliphatic heterocycles. The van der Waals surface area contributed by atoms with Crippen molar-refractivity contribution in [3.63, 3.8) is 0 Å². The van der Waals surface area contributed by atoms with Gasteiger partial charge in [0.25, 0.3) is 0 Å². The van der Waals surface area contributed by atoms with Gasteiger partial charge in [-0.15, -0.1) is 0 Å². The smallest absolute Gasteiger partial charge is 0.244 e. The maximum Gasteiger partial charge on any atom is 0.244 e. The molecule has 0 amide bonds. The summed E-state index contributed by atoms with van der Waals surface area (Å²) < 4.78 is 39.5. The Morgan fingerprint density at radius 1 is 1.47 bits per heavy atom. The summed E-state index contributed by atoms with van der Waals surface area (Å²) in [6, 6.07) is 3.35. The van der Waals surface area contributed by atoms with Gasteiger partial charge in [0.1, 0.15) is 10.7 Å². The molecular formula is C10H13FN2O3S. The first-order valence-corrected chi connectivity index (χ1v) is 6.57. The first-order chi connectivity index (χ1) is 7.88. The highest BCUT2D eigenvalue weighted by Gasteiger charge is 2.46. The van der Waals surface area contributed by atoms with E-state index in [2.05, 4.69) is 4.72 Å². The van der Waals surface area contributed by atoms with Crippen molar-refractivity contribution in [1.29, 1.82) is 0 Å². The van der Waals surface area contributed by atoms with Gasteiger partial charge in [-0.25, -0.2) is 17.5 Å². The lowest BCUT2D eigenvalue weighted by Gasteiger charge is -2.15. The summed E-state index contributed by atoms with van der Waals surface area (Å²) in [7, 11) is -3.99. The average molecular weight is 260 g/mol. The molecule has 7 heteroatoms. The molecule has 0 spiro atoms. The molecular weight excluding hydrogens is 247 g/mol. The van der Waals surface area contributed by atoms with E-state index in [0.29, 0.717) is 12.8 Å². The molecule has 1 saturated carbocycles. The van der Waals surface area contributed by atoms with E-state index < -0.39 is 26.3 Å². The lowest BCUT2D eigenvalue weighted by molar-refractivity contribution is 0.246. The second-order valence-corrected chi connectivity index (χ2v) is 5.88. The maximum absolute atomic E-state index is 13.4. The van der Waals surface area contributed by atoms with Crippen LogP contribution in [0.1, 0.15) is 12.8 Å². The predicted octanol–water partition coefficient (Wildman–Crippen LogP) is 0.211. The summed E-state index contributed by atoms with van der Waals surface area (Å²) in [5.74, 6) is -0.861. The van der Waals surface area contributed by atoms with Crippen molar-refractivity contribution in [2.45, 2.75) is 23.3 Å². The van der Waals surface area contributed by atoms with Gasteiger partial charge in [0.15, 0.2) is 0 Å². The van der Waals surface area contributed by atoms with Crippen LogP contribution in [0, 0.1) is 5.82 Å². The number of hydrogen-bond donors (Lipinski definition) is 3. The van der Waals surface area contributed by atoms with Crippen LogP contribution in [0.4, 0.5) is 10.1 Å². The molecule has 1 aliphatic carbocycles. The summed E-state index contributed by atoms with van der Waals surface area (Å²) in [4.78, 5) is -0.489. The van der Waals surface area contributed by atoms with Crippen LogP contribution < -0.4 is 10.5 Å². The number of hydrogen-bond acceptors (Lipinski definition) is 4. The molecule has 0 radical (unpaired) electrons. The third-order valence-electron chi connectivity index (χ3n) is 2.75. The molecule has 94 valence electrons. The highest BCUT2D eigenvalue weighted by atomic mass is 32.2. The van der Waals surface area contributed by atoms with Crippen LogP contribution in [-0.2, 0) is 10.0 Å². The molecule has 17 heavy (non-hydrogen) atoms. The zero-order chi connectivity index (χ0) is 12.7. The monoisotopic (exact) mass is 260 g/mol. The summed E-state index contributed by atoms with van der Waals surface area (Å²) in [5, 5.41) is 9.05. The molecule has 1 fully saturated rings.